The van der Waals surface area contributed by atoms with Crippen LogP contribution < -0.4 is 0 Å². The van der Waals surface area contributed by atoms with E-state index in [2.05, 4.69) is 314 Å². The first-order valence-corrected chi connectivity index (χ1v) is 28.6. The Bertz CT molecular complexity index is 5590. The van der Waals surface area contributed by atoms with Gasteiger partial charge in [-0.15, -0.1) is 0 Å². The average molecular weight is 1060 g/mol. The van der Waals surface area contributed by atoms with Crippen LogP contribution in [-0.2, 0) is 0 Å². The fourth-order valence-electron chi connectivity index (χ4n) is 13.9. The topological polar surface area (TPSA) is 35.5 Å². The van der Waals surface area contributed by atoms with Crippen molar-refractivity contribution in [2.45, 2.75) is 0 Å². The molecule has 83 heavy (non-hydrogen) atoms. The van der Waals surface area contributed by atoms with E-state index in [9.17, 15) is 0 Å². The monoisotopic (exact) mass is 1060 g/mol. The molecule has 0 radical (unpaired) electrons. The molecule has 5 nitrogen and oxygen atoms in total. The molecule has 0 saturated carbocycles. The van der Waals surface area contributed by atoms with E-state index in [1.165, 1.54) is 115 Å². The van der Waals surface area contributed by atoms with Gasteiger partial charge in [-0.3, -0.25) is 0 Å². The Hall–Kier alpha value is -11.1. The van der Waals surface area contributed by atoms with Crippen molar-refractivity contribution in [3.63, 3.8) is 0 Å². The highest BCUT2D eigenvalue weighted by molar-refractivity contribution is 6.14. The lowest BCUT2D eigenvalue weighted by atomic mass is 10.0. The standard InChI is InChI=1S/C78H49N5/c1-8-25-69-59(18-1)66-45-53(34-39-70(66)79-69)54-43-57(82-73-28-11-4-21-62(73)63-22-5-12-29-74(63)82)48-58(44-54)83-76-31-14-7-24-65(76)67-46-51(35-40-78(67)83)49-32-37-55(38-33-49)80-75-30-13-6-23-64(75)68-47-52(36-41-77(68)80)50-16-15-17-56(42-50)81-71-26-9-2-19-60(71)61-20-3-10-27-72(61)81/h1-48,79H. The first-order valence-electron chi connectivity index (χ1n) is 28.6. The van der Waals surface area contributed by atoms with Crippen LogP contribution >= 0.6 is 0 Å². The van der Waals surface area contributed by atoms with E-state index in [1.54, 1.807) is 0 Å². The van der Waals surface area contributed by atoms with Crippen molar-refractivity contribution in [1.82, 2.24) is 23.3 Å². The van der Waals surface area contributed by atoms with Gasteiger partial charge in [-0.05, 0) is 155 Å². The lowest BCUT2D eigenvalue weighted by Crippen LogP contribution is -2.00. The first-order chi connectivity index (χ1) is 41.1. The van der Waals surface area contributed by atoms with Gasteiger partial charge >= 0.3 is 0 Å². The molecule has 0 bridgehead atoms. The summed E-state index contributed by atoms with van der Waals surface area (Å²) in [4.78, 5) is 3.65. The zero-order valence-corrected chi connectivity index (χ0v) is 45.0. The summed E-state index contributed by atoms with van der Waals surface area (Å²) in [5.74, 6) is 0. The van der Waals surface area contributed by atoms with Crippen LogP contribution in [0, 0.1) is 0 Å². The van der Waals surface area contributed by atoms with Crippen molar-refractivity contribution < 1.29 is 0 Å². The third-order valence-electron chi connectivity index (χ3n) is 17.7. The summed E-state index contributed by atoms with van der Waals surface area (Å²) >= 11 is 0. The maximum atomic E-state index is 3.65. The maximum absolute atomic E-state index is 3.65. The average Bonchev–Trinajstić information content (AvgIpc) is 4.49. The molecule has 0 aliphatic heterocycles. The predicted molar refractivity (Wildman–Crippen MR) is 349 cm³/mol. The van der Waals surface area contributed by atoms with E-state index in [1.807, 2.05) is 0 Å². The van der Waals surface area contributed by atoms with Crippen LogP contribution in [0.4, 0.5) is 0 Å². The summed E-state index contributed by atoms with van der Waals surface area (Å²) in [5, 5.41) is 12.4. The molecule has 386 valence electrons. The molecule has 0 spiro atoms. The third-order valence-corrected chi connectivity index (χ3v) is 17.7. The summed E-state index contributed by atoms with van der Waals surface area (Å²) in [6.07, 6.45) is 0. The zero-order valence-electron chi connectivity index (χ0n) is 45.0. The van der Waals surface area contributed by atoms with E-state index in [0.717, 1.165) is 50.4 Å². The molecule has 0 atom stereocenters. The van der Waals surface area contributed by atoms with Gasteiger partial charge in [0.25, 0.3) is 0 Å². The smallest absolute Gasteiger partial charge is 0.0541 e. The van der Waals surface area contributed by atoms with Gasteiger partial charge in [-0.25, -0.2) is 0 Å². The number of fused-ring (bicyclic) bond motifs is 15. The lowest BCUT2D eigenvalue weighted by molar-refractivity contribution is 1.13. The Morgan fingerprint density at radius 1 is 0.169 bits per heavy atom. The van der Waals surface area contributed by atoms with Crippen LogP contribution in [0.1, 0.15) is 0 Å². The van der Waals surface area contributed by atoms with E-state index < -0.39 is 0 Å². The Kier molecular flexibility index (Phi) is 9.73. The predicted octanol–water partition coefficient (Wildman–Crippen LogP) is 20.7. The minimum atomic E-state index is 1.10. The van der Waals surface area contributed by atoms with Gasteiger partial charge in [-0.2, -0.15) is 0 Å². The number of aromatic nitrogens is 5. The van der Waals surface area contributed by atoms with Crippen LogP contribution in [0.3, 0.4) is 0 Å². The fraction of sp³-hybridized carbons (Fsp3) is 0. The minimum Gasteiger partial charge on any atom is -0.355 e. The fourth-order valence-corrected chi connectivity index (χ4v) is 13.9. The third kappa shape index (κ3) is 6.89. The van der Waals surface area contributed by atoms with Crippen molar-refractivity contribution >= 4 is 109 Å². The number of benzene rings is 13. The molecular formula is C78H49N5. The summed E-state index contributed by atoms with van der Waals surface area (Å²) < 4.78 is 9.74. The van der Waals surface area contributed by atoms with Gasteiger partial charge in [0.1, 0.15) is 0 Å². The molecule has 1 N–H and O–H groups in total. The molecule has 0 fully saturated rings. The number of nitrogens with one attached hydrogen (secondary N) is 1. The van der Waals surface area contributed by atoms with Gasteiger partial charge < -0.3 is 23.3 Å². The second-order valence-corrected chi connectivity index (χ2v) is 22.2. The van der Waals surface area contributed by atoms with Crippen LogP contribution in [0.5, 0.6) is 0 Å². The van der Waals surface area contributed by atoms with Gasteiger partial charge in [0.2, 0.25) is 0 Å². The van der Waals surface area contributed by atoms with E-state index in [4.69, 9.17) is 0 Å². The van der Waals surface area contributed by atoms with E-state index >= 15 is 0 Å². The SMILES string of the molecule is c1cc(-c2ccc3c(c2)c2ccccc2n3-c2ccc(-c3ccc4c(c3)c3ccccc3n4-c3cc(-c4ccc5[nH]c6ccccc6c5c4)cc(-n4c5ccccc5c5ccccc54)c3)cc2)cc(-n2c3ccccc3c3ccccc32)c1. The molecule has 0 saturated heterocycles. The van der Waals surface area contributed by atoms with Gasteiger partial charge in [0.15, 0.2) is 0 Å². The molecule has 13 aromatic carbocycles. The summed E-state index contributed by atoms with van der Waals surface area (Å²) in [6, 6.07) is 107. The van der Waals surface area contributed by atoms with Crippen molar-refractivity contribution in [2.24, 2.45) is 0 Å². The maximum Gasteiger partial charge on any atom is 0.0541 e. The van der Waals surface area contributed by atoms with Gasteiger partial charge in [0, 0.05) is 87.6 Å². The Balaban J connectivity index is 0.744. The molecular weight excluding hydrogens is 1010 g/mol. The lowest BCUT2D eigenvalue weighted by Gasteiger charge is -2.16. The first kappa shape index (κ1) is 45.7. The van der Waals surface area contributed by atoms with E-state index in [-0.39, 0.29) is 0 Å². The highest BCUT2D eigenvalue weighted by atomic mass is 15.0. The highest BCUT2D eigenvalue weighted by Crippen LogP contribution is 2.42. The summed E-state index contributed by atoms with van der Waals surface area (Å²) in [7, 11) is 0. The Morgan fingerprint density at radius 2 is 0.506 bits per heavy atom. The molecule has 18 aromatic rings. The molecule has 0 aliphatic carbocycles. The van der Waals surface area contributed by atoms with Crippen LogP contribution in [0.15, 0.2) is 291 Å². The van der Waals surface area contributed by atoms with Crippen molar-refractivity contribution in [3.05, 3.63) is 291 Å². The molecule has 0 amide bonds. The summed E-state index contributed by atoms with van der Waals surface area (Å²) in [5.41, 5.74) is 23.3. The molecule has 0 aliphatic rings. The molecule has 5 heteroatoms. The van der Waals surface area contributed by atoms with Crippen LogP contribution in [-0.4, -0.2) is 23.3 Å². The summed E-state index contributed by atoms with van der Waals surface area (Å²) in [6.45, 7) is 0. The molecule has 0 unspecified atom stereocenters. The number of aromatic amines is 1. The van der Waals surface area contributed by atoms with Crippen molar-refractivity contribution in [2.75, 3.05) is 0 Å². The zero-order chi connectivity index (χ0) is 54.3. The molecule has 18 rings (SSSR count). The number of hydrogen-bond donors (Lipinski definition) is 1. The molecule has 5 heterocycles. The highest BCUT2D eigenvalue weighted by Gasteiger charge is 2.20. The van der Waals surface area contributed by atoms with Gasteiger partial charge in [0.05, 0.1) is 44.1 Å². The van der Waals surface area contributed by atoms with Crippen molar-refractivity contribution in [1.29, 1.82) is 0 Å². The number of H-pyrrole nitrogens is 1. The largest absolute Gasteiger partial charge is 0.355 e. The van der Waals surface area contributed by atoms with E-state index in [0.29, 0.717) is 0 Å². The number of hydrogen-bond acceptors (Lipinski definition) is 0. The van der Waals surface area contributed by atoms with Crippen LogP contribution in [0.2, 0.25) is 0 Å². The number of rotatable bonds is 7. The van der Waals surface area contributed by atoms with Crippen molar-refractivity contribution in [3.8, 4) is 56.1 Å². The molecule has 5 aromatic heterocycles. The quantitative estimate of drug-likeness (QED) is 0.165. The van der Waals surface area contributed by atoms with Gasteiger partial charge in [-0.1, -0.05) is 170 Å². The normalized spacial score (nSPS) is 12.1. The number of nitrogens with zero attached hydrogens (tertiary/aromatic N) is 4. The Morgan fingerprint density at radius 3 is 1.02 bits per heavy atom. The van der Waals surface area contributed by atoms with Crippen LogP contribution in [0.25, 0.3) is 165 Å². The second-order valence-electron chi connectivity index (χ2n) is 22.2. The number of para-hydroxylation sites is 7. The second kappa shape index (κ2) is 17.7. The minimum absolute atomic E-state index is 1.10. The Labute approximate surface area is 477 Å².